The molecule has 2 rings (SSSR count). The number of nitrogens with zero attached hydrogens (tertiary/aromatic N) is 1. The van der Waals surface area contributed by atoms with Gasteiger partial charge in [-0.2, -0.15) is 0 Å². The van der Waals surface area contributed by atoms with E-state index in [9.17, 15) is 8.42 Å². The van der Waals surface area contributed by atoms with Crippen molar-refractivity contribution in [2.24, 2.45) is 0 Å². The molecule has 1 fully saturated rings. The maximum Gasteiger partial charge on any atom is 0.250 e. The van der Waals surface area contributed by atoms with Crippen molar-refractivity contribution in [1.82, 2.24) is 9.62 Å². The summed E-state index contributed by atoms with van der Waals surface area (Å²) in [6.45, 7) is 7.01. The van der Waals surface area contributed by atoms with Gasteiger partial charge in [0.05, 0.1) is 4.34 Å². The number of rotatable bonds is 5. The molecule has 2 heterocycles. The first kappa shape index (κ1) is 16.2. The molecule has 0 saturated carbocycles. The SMILES string of the molecule is CCCN1CCC(NS(=O)(=O)c2cc(C)c(Cl)s2)CC1. The Morgan fingerprint density at radius 3 is 2.60 bits per heavy atom. The van der Waals surface area contributed by atoms with Crippen molar-refractivity contribution in [3.05, 3.63) is 16.0 Å². The minimum Gasteiger partial charge on any atom is -0.303 e. The van der Waals surface area contributed by atoms with Gasteiger partial charge in [0.1, 0.15) is 4.21 Å². The highest BCUT2D eigenvalue weighted by molar-refractivity contribution is 7.91. The minimum absolute atomic E-state index is 0.0364. The van der Waals surface area contributed by atoms with Gasteiger partial charge >= 0.3 is 0 Å². The second-order valence-corrected chi connectivity index (χ2v) is 8.85. The molecule has 1 saturated heterocycles. The zero-order valence-corrected chi connectivity index (χ0v) is 14.2. The van der Waals surface area contributed by atoms with Gasteiger partial charge in [-0.25, -0.2) is 13.1 Å². The van der Waals surface area contributed by atoms with Gasteiger partial charge in [0, 0.05) is 6.04 Å². The highest BCUT2D eigenvalue weighted by atomic mass is 35.5. The molecule has 0 spiro atoms. The molecule has 1 aromatic heterocycles. The molecule has 0 aromatic carbocycles. The zero-order chi connectivity index (χ0) is 14.8. The van der Waals surface area contributed by atoms with Crippen LogP contribution in [0.15, 0.2) is 10.3 Å². The summed E-state index contributed by atoms with van der Waals surface area (Å²) in [4.78, 5) is 2.39. The maximum absolute atomic E-state index is 12.3. The molecule has 1 aliphatic rings. The monoisotopic (exact) mass is 336 g/mol. The lowest BCUT2D eigenvalue weighted by Gasteiger charge is -2.31. The molecule has 1 aliphatic heterocycles. The predicted octanol–water partition coefficient (Wildman–Crippen LogP) is 2.86. The predicted molar refractivity (Wildman–Crippen MR) is 84.1 cm³/mol. The van der Waals surface area contributed by atoms with E-state index in [2.05, 4.69) is 16.5 Å². The lowest BCUT2D eigenvalue weighted by Crippen LogP contribution is -2.44. The summed E-state index contributed by atoms with van der Waals surface area (Å²) in [5.41, 5.74) is 0.815. The Kier molecular flexibility index (Phi) is 5.48. The number of likely N-dealkylation sites (tertiary alicyclic amines) is 1. The van der Waals surface area contributed by atoms with Crippen LogP contribution in [0.5, 0.6) is 0 Å². The van der Waals surface area contributed by atoms with E-state index >= 15 is 0 Å². The molecular weight excluding hydrogens is 316 g/mol. The number of hydrogen-bond donors (Lipinski definition) is 1. The van der Waals surface area contributed by atoms with Gasteiger partial charge < -0.3 is 4.90 Å². The van der Waals surface area contributed by atoms with Crippen LogP contribution in [0.1, 0.15) is 31.7 Å². The van der Waals surface area contributed by atoms with Crippen LogP contribution in [0.4, 0.5) is 0 Å². The number of piperidine rings is 1. The second-order valence-electron chi connectivity index (χ2n) is 5.26. The molecule has 1 N–H and O–H groups in total. The summed E-state index contributed by atoms with van der Waals surface area (Å²) in [5.74, 6) is 0. The smallest absolute Gasteiger partial charge is 0.250 e. The molecule has 114 valence electrons. The van der Waals surface area contributed by atoms with Crippen molar-refractivity contribution < 1.29 is 8.42 Å². The van der Waals surface area contributed by atoms with Crippen LogP contribution in [0.2, 0.25) is 4.34 Å². The van der Waals surface area contributed by atoms with Gasteiger partial charge in [0.15, 0.2) is 0 Å². The number of halogens is 1. The largest absolute Gasteiger partial charge is 0.303 e. The van der Waals surface area contributed by atoms with E-state index in [-0.39, 0.29) is 6.04 Å². The molecule has 0 bridgehead atoms. The molecule has 0 atom stereocenters. The quantitative estimate of drug-likeness (QED) is 0.899. The van der Waals surface area contributed by atoms with Crippen LogP contribution in [0.3, 0.4) is 0 Å². The Morgan fingerprint density at radius 2 is 2.10 bits per heavy atom. The summed E-state index contributed by atoms with van der Waals surface area (Å²) >= 11 is 7.07. The van der Waals surface area contributed by atoms with Crippen LogP contribution in [0, 0.1) is 6.92 Å². The number of aryl methyl sites for hydroxylation is 1. The lowest BCUT2D eigenvalue weighted by atomic mass is 10.1. The summed E-state index contributed by atoms with van der Waals surface area (Å²) in [5, 5.41) is 0. The van der Waals surface area contributed by atoms with E-state index in [1.165, 1.54) is 0 Å². The Hall–Kier alpha value is -0.140. The average molecular weight is 337 g/mol. The third-order valence-electron chi connectivity index (χ3n) is 3.55. The van der Waals surface area contributed by atoms with Gasteiger partial charge in [0.2, 0.25) is 10.0 Å². The third-order valence-corrected chi connectivity index (χ3v) is 7.10. The van der Waals surface area contributed by atoms with E-state index in [1.807, 2.05) is 6.92 Å². The van der Waals surface area contributed by atoms with E-state index in [4.69, 9.17) is 11.6 Å². The summed E-state index contributed by atoms with van der Waals surface area (Å²) in [7, 11) is -3.43. The number of sulfonamides is 1. The molecule has 0 radical (unpaired) electrons. The summed E-state index contributed by atoms with van der Waals surface area (Å²) in [6, 6.07) is 1.68. The molecule has 4 nitrogen and oxygen atoms in total. The van der Waals surface area contributed by atoms with Crippen molar-refractivity contribution in [2.45, 2.75) is 43.4 Å². The van der Waals surface area contributed by atoms with Crippen LogP contribution < -0.4 is 4.72 Å². The van der Waals surface area contributed by atoms with Crippen molar-refractivity contribution in [1.29, 1.82) is 0 Å². The highest BCUT2D eigenvalue weighted by Gasteiger charge is 2.25. The average Bonchev–Trinajstić information content (AvgIpc) is 2.73. The van der Waals surface area contributed by atoms with E-state index < -0.39 is 10.0 Å². The van der Waals surface area contributed by atoms with Crippen molar-refractivity contribution >= 4 is 33.0 Å². The Bertz CT molecular complexity index is 529. The second kappa shape index (κ2) is 6.75. The van der Waals surface area contributed by atoms with Gasteiger partial charge in [-0.1, -0.05) is 18.5 Å². The fraction of sp³-hybridized carbons (Fsp3) is 0.692. The van der Waals surface area contributed by atoms with Gasteiger partial charge in [-0.3, -0.25) is 0 Å². The highest BCUT2D eigenvalue weighted by Crippen LogP contribution is 2.30. The van der Waals surface area contributed by atoms with Crippen LogP contribution in [-0.2, 0) is 10.0 Å². The lowest BCUT2D eigenvalue weighted by molar-refractivity contribution is 0.208. The maximum atomic E-state index is 12.3. The minimum atomic E-state index is -3.43. The molecule has 1 aromatic rings. The molecule has 20 heavy (non-hydrogen) atoms. The van der Waals surface area contributed by atoms with Crippen molar-refractivity contribution in [3.8, 4) is 0 Å². The first-order valence-corrected chi connectivity index (χ1v) is 9.60. The van der Waals surface area contributed by atoms with Crippen LogP contribution in [0.25, 0.3) is 0 Å². The topological polar surface area (TPSA) is 49.4 Å². The van der Waals surface area contributed by atoms with E-state index in [1.54, 1.807) is 6.07 Å². The Morgan fingerprint density at radius 1 is 1.45 bits per heavy atom. The molecule has 0 aliphatic carbocycles. The zero-order valence-electron chi connectivity index (χ0n) is 11.9. The fourth-order valence-corrected chi connectivity index (χ4v) is 5.46. The fourth-order valence-electron chi connectivity index (χ4n) is 2.43. The first-order valence-electron chi connectivity index (χ1n) is 6.93. The number of hydrogen-bond acceptors (Lipinski definition) is 4. The van der Waals surface area contributed by atoms with Crippen LogP contribution in [-0.4, -0.2) is 39.0 Å². The Labute approximate surface area is 130 Å². The number of thiophene rings is 1. The van der Waals surface area contributed by atoms with Gasteiger partial charge in [0.25, 0.3) is 0 Å². The van der Waals surface area contributed by atoms with Crippen molar-refractivity contribution in [2.75, 3.05) is 19.6 Å². The van der Waals surface area contributed by atoms with E-state index in [0.717, 1.165) is 55.8 Å². The normalized spacial score (nSPS) is 18.6. The Balaban J connectivity index is 1.96. The molecule has 7 heteroatoms. The number of nitrogens with one attached hydrogen (secondary N) is 1. The van der Waals surface area contributed by atoms with E-state index in [0.29, 0.717) is 8.55 Å². The van der Waals surface area contributed by atoms with Gasteiger partial charge in [-0.15, -0.1) is 11.3 Å². The first-order chi connectivity index (χ1) is 9.42. The van der Waals surface area contributed by atoms with Gasteiger partial charge in [-0.05, 0) is 57.5 Å². The molecule has 0 amide bonds. The molecular formula is C13H21ClN2O2S2. The molecule has 0 unspecified atom stereocenters. The third kappa shape index (κ3) is 3.95. The standard InChI is InChI=1S/C13H21ClN2O2S2/c1-3-6-16-7-4-11(5-8-16)15-20(17,18)12-9-10(2)13(14)19-12/h9,11,15H,3-8H2,1-2H3. The summed E-state index contributed by atoms with van der Waals surface area (Å²) < 4.78 is 28.3. The summed E-state index contributed by atoms with van der Waals surface area (Å²) in [6.07, 6.45) is 2.89. The van der Waals surface area contributed by atoms with Crippen LogP contribution >= 0.6 is 22.9 Å². The van der Waals surface area contributed by atoms with Crippen molar-refractivity contribution in [3.63, 3.8) is 0 Å².